The van der Waals surface area contributed by atoms with Crippen LogP contribution in [0.15, 0.2) is 29.2 Å². The van der Waals surface area contributed by atoms with Crippen molar-refractivity contribution in [1.29, 1.82) is 0 Å². The molecule has 2 unspecified atom stereocenters. The molecule has 0 aliphatic heterocycles. The van der Waals surface area contributed by atoms with Gasteiger partial charge in [-0.25, -0.2) is 0 Å². The average Bonchev–Trinajstić information content (AvgIpc) is 2.18. The van der Waals surface area contributed by atoms with Gasteiger partial charge in [0.1, 0.15) is 0 Å². The number of hydrogen-bond donors (Lipinski definition) is 2. The van der Waals surface area contributed by atoms with Gasteiger partial charge in [0.2, 0.25) is 0 Å². The zero-order chi connectivity index (χ0) is 11.3. The molecule has 3 nitrogen and oxygen atoms in total. The van der Waals surface area contributed by atoms with E-state index in [1.807, 2.05) is 0 Å². The summed E-state index contributed by atoms with van der Waals surface area (Å²) in [6, 6.07) is 6.97. The zero-order valence-corrected chi connectivity index (χ0v) is 10.0. The van der Waals surface area contributed by atoms with Gasteiger partial charge in [0.05, 0.1) is 32.6 Å². The molecule has 0 heterocycles. The highest BCUT2D eigenvalue weighted by atomic mass is 35.5. The van der Waals surface area contributed by atoms with E-state index < -0.39 is 16.9 Å². The molecule has 1 rings (SSSR count). The first kappa shape index (κ1) is 12.6. The fourth-order valence-corrected chi connectivity index (χ4v) is 2.75. The zero-order valence-electron chi connectivity index (χ0n) is 8.44. The molecule has 0 amide bonds. The largest absolute Gasteiger partial charge is 0.391 e. The highest BCUT2D eigenvalue weighted by Crippen LogP contribution is 2.19. The highest BCUT2D eigenvalue weighted by molar-refractivity contribution is 7.85. The van der Waals surface area contributed by atoms with Crippen molar-refractivity contribution in [2.45, 2.75) is 11.0 Å². The lowest BCUT2D eigenvalue weighted by atomic mass is 10.4. The Morgan fingerprint density at radius 1 is 1.53 bits per heavy atom. The van der Waals surface area contributed by atoms with Gasteiger partial charge in [-0.3, -0.25) is 4.21 Å². The van der Waals surface area contributed by atoms with E-state index >= 15 is 0 Å². The van der Waals surface area contributed by atoms with Crippen molar-refractivity contribution in [2.24, 2.45) is 0 Å². The van der Waals surface area contributed by atoms with Gasteiger partial charge in [-0.15, -0.1) is 0 Å². The van der Waals surface area contributed by atoms with Crippen molar-refractivity contribution >= 4 is 22.4 Å². The summed E-state index contributed by atoms with van der Waals surface area (Å²) in [7, 11) is 0.489. The predicted molar refractivity (Wildman–Crippen MR) is 62.7 cm³/mol. The Morgan fingerprint density at radius 3 is 2.80 bits per heavy atom. The number of halogens is 1. The Balaban J connectivity index is 2.65. The van der Waals surface area contributed by atoms with Crippen LogP contribution in [0.5, 0.6) is 0 Å². The second kappa shape index (κ2) is 6.23. The number of benzene rings is 1. The molecule has 2 atom stereocenters. The van der Waals surface area contributed by atoms with Crippen LogP contribution in [-0.2, 0) is 10.8 Å². The maximum absolute atomic E-state index is 11.8. The van der Waals surface area contributed by atoms with Crippen molar-refractivity contribution in [3.05, 3.63) is 29.3 Å². The van der Waals surface area contributed by atoms with E-state index in [1.54, 1.807) is 31.3 Å². The Labute approximate surface area is 96.9 Å². The molecule has 1 aromatic rings. The Kier molecular flexibility index (Phi) is 5.25. The van der Waals surface area contributed by atoms with Gasteiger partial charge in [0.15, 0.2) is 0 Å². The number of likely N-dealkylation sites (N-methyl/N-ethyl adjacent to an activating group) is 1. The van der Waals surface area contributed by atoms with E-state index in [2.05, 4.69) is 5.32 Å². The van der Waals surface area contributed by atoms with E-state index in [0.717, 1.165) is 0 Å². The van der Waals surface area contributed by atoms with Crippen LogP contribution >= 0.6 is 11.6 Å². The third-order valence-corrected chi connectivity index (χ3v) is 3.84. The first-order chi connectivity index (χ1) is 7.15. The quantitative estimate of drug-likeness (QED) is 0.817. The van der Waals surface area contributed by atoms with Crippen LogP contribution in [0.3, 0.4) is 0 Å². The van der Waals surface area contributed by atoms with E-state index in [-0.39, 0.29) is 5.75 Å². The molecule has 0 saturated carbocycles. The molecule has 0 spiro atoms. The molecule has 0 fully saturated rings. The molecule has 0 bridgehead atoms. The normalized spacial score (nSPS) is 14.9. The lowest BCUT2D eigenvalue weighted by Crippen LogP contribution is -2.28. The second-order valence-corrected chi connectivity index (χ2v) is 5.03. The summed E-state index contributed by atoms with van der Waals surface area (Å²) >= 11 is 5.89. The van der Waals surface area contributed by atoms with Crippen molar-refractivity contribution in [3.8, 4) is 0 Å². The van der Waals surface area contributed by atoms with Gasteiger partial charge in [-0.2, -0.15) is 0 Å². The van der Waals surface area contributed by atoms with Crippen LogP contribution in [0.2, 0.25) is 5.02 Å². The summed E-state index contributed by atoms with van der Waals surface area (Å²) < 4.78 is 11.8. The Bertz CT molecular complexity index is 346. The molecule has 84 valence electrons. The minimum Gasteiger partial charge on any atom is -0.391 e. The van der Waals surface area contributed by atoms with Gasteiger partial charge in [0.25, 0.3) is 0 Å². The molecule has 5 heteroatoms. The van der Waals surface area contributed by atoms with Crippen molar-refractivity contribution in [1.82, 2.24) is 5.32 Å². The lowest BCUT2D eigenvalue weighted by Gasteiger charge is -2.10. The summed E-state index contributed by atoms with van der Waals surface area (Å²) in [5.74, 6) is 0.199. The highest BCUT2D eigenvalue weighted by Gasteiger charge is 2.12. The SMILES string of the molecule is CNCC(O)CS(=O)c1ccccc1Cl. The average molecular weight is 248 g/mol. The molecular formula is C10H14ClNO2S. The maximum Gasteiger partial charge on any atom is 0.0783 e. The topological polar surface area (TPSA) is 49.3 Å². The first-order valence-corrected chi connectivity index (χ1v) is 6.30. The van der Waals surface area contributed by atoms with Crippen LogP contribution in [0.4, 0.5) is 0 Å². The predicted octanol–water partition coefficient (Wildman–Crippen LogP) is 1.03. The van der Waals surface area contributed by atoms with Crippen LogP contribution < -0.4 is 5.32 Å². The van der Waals surface area contributed by atoms with Crippen molar-refractivity contribution < 1.29 is 9.32 Å². The number of hydrogen-bond acceptors (Lipinski definition) is 3. The third-order valence-electron chi connectivity index (χ3n) is 1.87. The van der Waals surface area contributed by atoms with Crippen molar-refractivity contribution in [2.75, 3.05) is 19.3 Å². The van der Waals surface area contributed by atoms with Crippen LogP contribution in [0.1, 0.15) is 0 Å². The molecule has 1 aromatic carbocycles. The van der Waals surface area contributed by atoms with Crippen LogP contribution in [0.25, 0.3) is 0 Å². The summed E-state index contributed by atoms with van der Waals surface area (Å²) in [5.41, 5.74) is 0. The van der Waals surface area contributed by atoms with E-state index in [9.17, 15) is 9.32 Å². The molecule has 0 aliphatic carbocycles. The molecule has 0 aliphatic rings. The fraction of sp³-hybridized carbons (Fsp3) is 0.400. The summed E-state index contributed by atoms with van der Waals surface area (Å²) in [6.07, 6.45) is -0.618. The van der Waals surface area contributed by atoms with E-state index in [1.165, 1.54) is 0 Å². The minimum absolute atomic E-state index is 0.199. The summed E-state index contributed by atoms with van der Waals surface area (Å²) in [5, 5.41) is 12.8. The van der Waals surface area contributed by atoms with E-state index in [4.69, 9.17) is 11.6 Å². The third kappa shape index (κ3) is 3.91. The molecule has 0 radical (unpaired) electrons. The first-order valence-electron chi connectivity index (χ1n) is 4.60. The van der Waals surface area contributed by atoms with Crippen molar-refractivity contribution in [3.63, 3.8) is 0 Å². The Hall–Kier alpha value is -0.420. The fourth-order valence-electron chi connectivity index (χ4n) is 1.19. The molecule has 2 N–H and O–H groups in total. The monoisotopic (exact) mass is 247 g/mol. The van der Waals surface area contributed by atoms with Crippen LogP contribution in [-0.4, -0.2) is 34.8 Å². The second-order valence-electron chi connectivity index (χ2n) is 3.15. The maximum atomic E-state index is 11.8. The van der Waals surface area contributed by atoms with Gasteiger partial charge in [-0.1, -0.05) is 23.7 Å². The molecule has 15 heavy (non-hydrogen) atoms. The summed E-state index contributed by atoms with van der Waals surface area (Å²) in [6.45, 7) is 0.427. The number of rotatable bonds is 5. The van der Waals surface area contributed by atoms with Gasteiger partial charge in [0, 0.05) is 6.54 Å². The van der Waals surface area contributed by atoms with Gasteiger partial charge in [-0.05, 0) is 19.2 Å². The van der Waals surface area contributed by atoms with Gasteiger partial charge < -0.3 is 10.4 Å². The Morgan fingerprint density at radius 2 is 2.20 bits per heavy atom. The van der Waals surface area contributed by atoms with E-state index in [0.29, 0.717) is 16.5 Å². The standard InChI is InChI=1S/C10H14ClNO2S/c1-12-6-8(13)7-15(14)10-5-3-2-4-9(10)11/h2-5,8,12-13H,6-7H2,1H3. The van der Waals surface area contributed by atoms with Gasteiger partial charge >= 0.3 is 0 Å². The smallest absolute Gasteiger partial charge is 0.0783 e. The van der Waals surface area contributed by atoms with Crippen LogP contribution in [0, 0.1) is 0 Å². The number of nitrogens with one attached hydrogen (secondary N) is 1. The molecular weight excluding hydrogens is 234 g/mol. The minimum atomic E-state index is -1.25. The summed E-state index contributed by atoms with van der Waals surface area (Å²) in [4.78, 5) is 0.578. The molecule has 0 aromatic heterocycles. The molecule has 0 saturated heterocycles. The number of aliphatic hydroxyl groups is 1. The number of aliphatic hydroxyl groups excluding tert-OH is 1. The lowest BCUT2D eigenvalue weighted by molar-refractivity contribution is 0.198.